The first-order chi connectivity index (χ1) is 11.0. The van der Waals surface area contributed by atoms with E-state index < -0.39 is 11.9 Å². The molecule has 0 aliphatic heterocycles. The number of carbonyl (C=O) groups excluding carboxylic acids is 2. The van der Waals surface area contributed by atoms with Gasteiger partial charge >= 0.3 is 0 Å². The number of nitrogens with one attached hydrogen (secondary N) is 2. The fourth-order valence-corrected chi connectivity index (χ4v) is 1.95. The van der Waals surface area contributed by atoms with Gasteiger partial charge in [-0.05, 0) is 54.5 Å². The van der Waals surface area contributed by atoms with Gasteiger partial charge in [0.2, 0.25) is 5.91 Å². The molecule has 0 saturated heterocycles. The van der Waals surface area contributed by atoms with Crippen molar-refractivity contribution in [2.45, 2.75) is 6.92 Å². The van der Waals surface area contributed by atoms with Crippen LogP contribution in [0.4, 0.5) is 5.69 Å². The molecule has 1 aromatic heterocycles. The average Bonchev–Trinajstić information content (AvgIpc) is 3.00. The summed E-state index contributed by atoms with van der Waals surface area (Å²) in [5.41, 5.74) is 1.27. The Morgan fingerprint density at radius 1 is 1.30 bits per heavy atom. The Bertz CT molecular complexity index is 766. The van der Waals surface area contributed by atoms with Crippen LogP contribution in [-0.4, -0.2) is 17.0 Å². The van der Waals surface area contributed by atoms with Crippen molar-refractivity contribution in [1.82, 2.24) is 5.32 Å². The molecule has 0 aliphatic carbocycles. The second-order valence-electron chi connectivity index (χ2n) is 4.61. The normalized spacial score (nSPS) is 10.5. The van der Waals surface area contributed by atoms with E-state index in [2.05, 4.69) is 10.6 Å². The quantitative estimate of drug-likeness (QED) is 0.652. The minimum atomic E-state index is -1.29. The van der Waals surface area contributed by atoms with E-state index in [1.54, 1.807) is 25.1 Å². The minimum absolute atomic E-state index is 0.0185. The lowest BCUT2D eigenvalue weighted by Gasteiger charge is -2.13. The molecule has 0 aliphatic rings. The molecule has 118 valence electrons. The number of furan rings is 1. The first-order valence-electron chi connectivity index (χ1n) is 6.61. The summed E-state index contributed by atoms with van der Waals surface area (Å²) in [6, 6.07) is 7.85. The van der Waals surface area contributed by atoms with Crippen LogP contribution in [0, 0.1) is 6.92 Å². The van der Waals surface area contributed by atoms with Crippen molar-refractivity contribution in [2.75, 3.05) is 5.32 Å². The number of hydrogen-bond acceptors (Lipinski definition) is 5. The van der Waals surface area contributed by atoms with Crippen LogP contribution >= 0.6 is 12.2 Å². The summed E-state index contributed by atoms with van der Waals surface area (Å²) < 4.78 is 5.06. The van der Waals surface area contributed by atoms with Crippen LogP contribution in [0.3, 0.4) is 0 Å². The number of carboxylic acid groups (broad SMARTS) is 1. The molecular formula is C16H13N2O4S-. The van der Waals surface area contributed by atoms with Crippen molar-refractivity contribution in [3.63, 3.8) is 0 Å². The Hall–Kier alpha value is -2.93. The number of anilines is 1. The van der Waals surface area contributed by atoms with E-state index in [9.17, 15) is 14.7 Å². The van der Waals surface area contributed by atoms with Crippen LogP contribution in [-0.2, 0) is 4.79 Å². The van der Waals surface area contributed by atoms with Gasteiger partial charge in [0.05, 0.1) is 12.2 Å². The fraction of sp³-hybridized carbons (Fsp3) is 0.0625. The van der Waals surface area contributed by atoms with Crippen molar-refractivity contribution >= 4 is 41.0 Å². The SMILES string of the molecule is Cc1ccc(C(=O)[O-])cc1NC(=S)NC(=O)/C=C/c1ccco1. The summed E-state index contributed by atoms with van der Waals surface area (Å²) >= 11 is 5.03. The van der Waals surface area contributed by atoms with Crippen molar-refractivity contribution in [3.8, 4) is 0 Å². The maximum atomic E-state index is 11.7. The number of carbonyl (C=O) groups is 2. The third-order valence-electron chi connectivity index (χ3n) is 2.90. The molecule has 7 heteroatoms. The summed E-state index contributed by atoms with van der Waals surface area (Å²) in [4.78, 5) is 22.6. The molecule has 1 amide bonds. The Kier molecular flexibility index (Phi) is 5.27. The number of carboxylic acids is 1. The highest BCUT2D eigenvalue weighted by Gasteiger charge is 2.05. The Morgan fingerprint density at radius 2 is 2.09 bits per heavy atom. The molecule has 2 N–H and O–H groups in total. The number of amides is 1. The number of rotatable bonds is 4. The van der Waals surface area contributed by atoms with Gasteiger partial charge in [-0.15, -0.1) is 0 Å². The van der Waals surface area contributed by atoms with E-state index >= 15 is 0 Å². The fourth-order valence-electron chi connectivity index (χ4n) is 1.73. The molecule has 6 nitrogen and oxygen atoms in total. The smallest absolute Gasteiger partial charge is 0.250 e. The largest absolute Gasteiger partial charge is 0.545 e. The zero-order chi connectivity index (χ0) is 16.8. The monoisotopic (exact) mass is 329 g/mol. The van der Waals surface area contributed by atoms with Gasteiger partial charge in [0, 0.05) is 11.8 Å². The lowest BCUT2D eigenvalue weighted by atomic mass is 10.1. The first-order valence-corrected chi connectivity index (χ1v) is 7.02. The van der Waals surface area contributed by atoms with Crippen LogP contribution in [0.2, 0.25) is 0 Å². The van der Waals surface area contributed by atoms with Crippen LogP contribution in [0.5, 0.6) is 0 Å². The van der Waals surface area contributed by atoms with Crippen LogP contribution in [0.1, 0.15) is 21.7 Å². The van der Waals surface area contributed by atoms with Crippen molar-refractivity contribution < 1.29 is 19.1 Å². The molecule has 1 aromatic carbocycles. The van der Waals surface area contributed by atoms with E-state index in [0.717, 1.165) is 5.56 Å². The summed E-state index contributed by atoms with van der Waals surface area (Å²) in [5.74, 6) is -1.19. The van der Waals surface area contributed by atoms with Gasteiger partial charge in [-0.3, -0.25) is 10.1 Å². The molecule has 2 rings (SSSR count). The molecule has 0 bridgehead atoms. The van der Waals surface area contributed by atoms with Crippen molar-refractivity contribution in [2.24, 2.45) is 0 Å². The van der Waals surface area contributed by atoms with Gasteiger partial charge in [-0.2, -0.15) is 0 Å². The minimum Gasteiger partial charge on any atom is -0.545 e. The highest BCUT2D eigenvalue weighted by atomic mass is 32.1. The topological polar surface area (TPSA) is 94.4 Å². The maximum absolute atomic E-state index is 11.7. The third-order valence-corrected chi connectivity index (χ3v) is 3.10. The lowest BCUT2D eigenvalue weighted by molar-refractivity contribution is -0.255. The van der Waals surface area contributed by atoms with E-state index in [4.69, 9.17) is 16.6 Å². The summed E-state index contributed by atoms with van der Waals surface area (Å²) in [7, 11) is 0. The van der Waals surface area contributed by atoms with Crippen molar-refractivity contribution in [3.05, 3.63) is 59.6 Å². The zero-order valence-corrected chi connectivity index (χ0v) is 13.0. The molecule has 0 saturated carbocycles. The number of benzene rings is 1. The van der Waals surface area contributed by atoms with E-state index in [1.807, 2.05) is 0 Å². The first kappa shape index (κ1) is 16.4. The van der Waals surface area contributed by atoms with E-state index in [1.165, 1.54) is 30.5 Å². The average molecular weight is 329 g/mol. The second kappa shape index (κ2) is 7.37. The Labute approximate surface area is 137 Å². The van der Waals surface area contributed by atoms with E-state index in [0.29, 0.717) is 11.4 Å². The Balaban J connectivity index is 1.98. The van der Waals surface area contributed by atoms with Gasteiger partial charge < -0.3 is 19.6 Å². The Morgan fingerprint density at radius 3 is 2.74 bits per heavy atom. The van der Waals surface area contributed by atoms with Gasteiger partial charge in [-0.1, -0.05) is 12.1 Å². The second-order valence-corrected chi connectivity index (χ2v) is 5.02. The number of thiocarbonyl (C=S) groups is 1. The van der Waals surface area contributed by atoms with Crippen LogP contribution in [0.15, 0.2) is 47.1 Å². The van der Waals surface area contributed by atoms with Gasteiger partial charge in [0.25, 0.3) is 0 Å². The predicted molar refractivity (Wildman–Crippen MR) is 87.6 cm³/mol. The van der Waals surface area contributed by atoms with E-state index in [-0.39, 0.29) is 10.7 Å². The molecule has 0 fully saturated rings. The summed E-state index contributed by atoms with van der Waals surface area (Å²) in [5, 5.41) is 16.2. The molecule has 23 heavy (non-hydrogen) atoms. The van der Waals surface area contributed by atoms with Gasteiger partial charge in [-0.25, -0.2) is 0 Å². The zero-order valence-electron chi connectivity index (χ0n) is 12.2. The predicted octanol–water partition coefficient (Wildman–Crippen LogP) is 1.48. The molecule has 0 radical (unpaired) electrons. The standard InChI is InChI=1S/C16H14N2O4S/c1-10-4-5-11(15(20)21)9-13(10)17-16(23)18-14(19)7-6-12-3-2-8-22-12/h2-9H,1H3,(H,20,21)(H2,17,18,19,23)/p-1/b7-6+. The number of aromatic carboxylic acids is 1. The molecular weight excluding hydrogens is 316 g/mol. The third kappa shape index (κ3) is 4.79. The summed E-state index contributed by atoms with van der Waals surface area (Å²) in [6.07, 6.45) is 4.27. The molecule has 1 heterocycles. The van der Waals surface area contributed by atoms with Crippen molar-refractivity contribution in [1.29, 1.82) is 0 Å². The highest BCUT2D eigenvalue weighted by molar-refractivity contribution is 7.80. The van der Waals surface area contributed by atoms with Gasteiger partial charge in [0.15, 0.2) is 5.11 Å². The number of hydrogen-bond donors (Lipinski definition) is 2. The summed E-state index contributed by atoms with van der Waals surface area (Å²) in [6.45, 7) is 1.78. The molecule has 0 unspecified atom stereocenters. The van der Waals surface area contributed by atoms with Gasteiger partial charge in [0.1, 0.15) is 5.76 Å². The molecule has 2 aromatic rings. The van der Waals surface area contributed by atoms with Crippen LogP contribution in [0.25, 0.3) is 6.08 Å². The number of aryl methyl sites for hydroxylation is 1. The van der Waals surface area contributed by atoms with Crippen LogP contribution < -0.4 is 15.7 Å². The molecule has 0 atom stereocenters. The molecule has 0 spiro atoms. The lowest BCUT2D eigenvalue weighted by Crippen LogP contribution is -2.33. The highest BCUT2D eigenvalue weighted by Crippen LogP contribution is 2.16. The maximum Gasteiger partial charge on any atom is 0.250 e.